The van der Waals surface area contributed by atoms with Crippen molar-refractivity contribution < 1.29 is 24.5 Å². The van der Waals surface area contributed by atoms with Gasteiger partial charge in [-0.05, 0) is 43.7 Å². The van der Waals surface area contributed by atoms with Crippen LogP contribution in [-0.4, -0.2) is 34.8 Å². The average Bonchev–Trinajstić information content (AvgIpc) is 2.59. The molecule has 0 saturated carbocycles. The van der Waals surface area contributed by atoms with Crippen LogP contribution in [0.5, 0.6) is 5.75 Å². The van der Waals surface area contributed by atoms with E-state index < -0.39 is 17.6 Å². The van der Waals surface area contributed by atoms with Crippen molar-refractivity contribution in [1.82, 2.24) is 0 Å². The van der Waals surface area contributed by atoms with E-state index in [0.717, 1.165) is 5.56 Å². The van der Waals surface area contributed by atoms with Crippen LogP contribution in [0, 0.1) is 5.92 Å². The summed E-state index contributed by atoms with van der Waals surface area (Å²) in [5.41, 5.74) is 0.456. The minimum Gasteiger partial charge on any atom is -0.508 e. The molecular formula is C21H22O5. The largest absolute Gasteiger partial charge is 0.508 e. The summed E-state index contributed by atoms with van der Waals surface area (Å²) in [5, 5.41) is 19.8. The van der Waals surface area contributed by atoms with Crippen LogP contribution >= 0.6 is 0 Å². The van der Waals surface area contributed by atoms with Gasteiger partial charge in [-0.2, -0.15) is 0 Å². The Balaban J connectivity index is 1.95. The number of aliphatic hydroxyl groups is 1. The van der Waals surface area contributed by atoms with E-state index in [1.54, 1.807) is 36.4 Å². The van der Waals surface area contributed by atoms with E-state index in [2.05, 4.69) is 0 Å². The topological polar surface area (TPSA) is 76.0 Å². The zero-order chi connectivity index (χ0) is 18.9. The van der Waals surface area contributed by atoms with E-state index in [1.165, 1.54) is 13.2 Å². The second-order valence-corrected chi connectivity index (χ2v) is 6.86. The fraction of sp³-hybridized carbons (Fsp3) is 0.286. The van der Waals surface area contributed by atoms with Gasteiger partial charge in [-0.25, -0.2) is 0 Å². The molecule has 2 N–H and O–H groups in total. The van der Waals surface area contributed by atoms with Crippen molar-refractivity contribution in [1.29, 1.82) is 0 Å². The normalized spacial score (nSPS) is 26.4. The van der Waals surface area contributed by atoms with Crippen molar-refractivity contribution in [2.45, 2.75) is 25.6 Å². The van der Waals surface area contributed by atoms with Crippen molar-refractivity contribution >= 4 is 11.9 Å². The minimum absolute atomic E-state index is 0.136. The number of carbonyl (C=O) groups excluding carboxylic acids is 1. The van der Waals surface area contributed by atoms with Gasteiger partial charge in [0.15, 0.2) is 5.78 Å². The maximum absolute atomic E-state index is 12.9. The molecule has 1 aromatic carbocycles. The third kappa shape index (κ3) is 3.58. The van der Waals surface area contributed by atoms with Gasteiger partial charge in [-0.15, -0.1) is 0 Å². The summed E-state index contributed by atoms with van der Waals surface area (Å²) >= 11 is 0. The highest BCUT2D eigenvalue weighted by Gasteiger charge is 2.41. The standard InChI is InChI=1S/C21H22O5/c1-21(2)11-10-15-17(26-21)12-18(25-3)19(20(15)24)16(23)9-6-13-4-7-14(22)8-5-13/h4-12,15,17,22-23H,1-3H3. The molecule has 0 amide bonds. The first-order valence-electron chi connectivity index (χ1n) is 8.38. The number of phenolic OH excluding ortho intramolecular Hbond substituents is 1. The number of ether oxygens (including phenoxy) is 2. The minimum atomic E-state index is -0.485. The number of Topliss-reactive ketones (excluding diaryl/α,β-unsaturated/α-hetero) is 1. The average molecular weight is 354 g/mol. The molecule has 0 saturated heterocycles. The maximum Gasteiger partial charge on any atom is 0.180 e. The Labute approximate surface area is 152 Å². The van der Waals surface area contributed by atoms with Crippen LogP contribution in [0.3, 0.4) is 0 Å². The molecule has 2 atom stereocenters. The predicted molar refractivity (Wildman–Crippen MR) is 98.5 cm³/mol. The van der Waals surface area contributed by atoms with Gasteiger partial charge in [0.1, 0.15) is 22.8 Å². The highest BCUT2D eigenvalue weighted by molar-refractivity contribution is 6.04. The lowest BCUT2D eigenvalue weighted by atomic mass is 9.81. The molecule has 3 rings (SSSR count). The SMILES string of the molecule is COC1=CC2OC(C)(C)C=CC2C(=O)C1=C(O)C=Cc1ccc(O)cc1. The Bertz CT molecular complexity index is 824. The molecule has 1 heterocycles. The summed E-state index contributed by atoms with van der Waals surface area (Å²) in [6.07, 6.45) is 8.11. The number of hydrogen-bond acceptors (Lipinski definition) is 5. The van der Waals surface area contributed by atoms with Crippen LogP contribution in [0.4, 0.5) is 0 Å². The van der Waals surface area contributed by atoms with E-state index in [-0.39, 0.29) is 22.9 Å². The van der Waals surface area contributed by atoms with Crippen molar-refractivity contribution in [2.75, 3.05) is 7.11 Å². The first kappa shape index (κ1) is 18.0. The molecule has 1 aromatic rings. The molecule has 0 aromatic heterocycles. The Morgan fingerprint density at radius 2 is 1.96 bits per heavy atom. The van der Waals surface area contributed by atoms with Gasteiger partial charge in [0.05, 0.1) is 24.7 Å². The second-order valence-electron chi connectivity index (χ2n) is 6.86. The third-order valence-electron chi connectivity index (χ3n) is 4.41. The van der Waals surface area contributed by atoms with Gasteiger partial charge >= 0.3 is 0 Å². The van der Waals surface area contributed by atoms with Crippen molar-refractivity contribution in [3.63, 3.8) is 0 Å². The molecule has 0 bridgehead atoms. The maximum atomic E-state index is 12.9. The Kier molecular flexibility index (Phi) is 4.74. The first-order chi connectivity index (χ1) is 12.3. The fourth-order valence-electron chi connectivity index (χ4n) is 3.07. The lowest BCUT2D eigenvalue weighted by Crippen LogP contribution is -2.42. The van der Waals surface area contributed by atoms with Crippen LogP contribution in [0.1, 0.15) is 19.4 Å². The molecular weight excluding hydrogens is 332 g/mol. The molecule has 0 fully saturated rings. The van der Waals surface area contributed by atoms with Crippen LogP contribution in [0.2, 0.25) is 0 Å². The number of methoxy groups -OCH3 is 1. The summed E-state index contributed by atoms with van der Waals surface area (Å²) in [4.78, 5) is 12.9. The van der Waals surface area contributed by atoms with Crippen LogP contribution in [-0.2, 0) is 14.3 Å². The van der Waals surface area contributed by atoms with Crippen molar-refractivity contribution in [3.8, 4) is 5.75 Å². The zero-order valence-corrected chi connectivity index (χ0v) is 15.0. The highest BCUT2D eigenvalue weighted by atomic mass is 16.5. The second kappa shape index (κ2) is 6.84. The molecule has 1 aliphatic carbocycles. The Morgan fingerprint density at radius 3 is 2.62 bits per heavy atom. The molecule has 26 heavy (non-hydrogen) atoms. The smallest absolute Gasteiger partial charge is 0.180 e. The number of aliphatic hydroxyl groups excluding tert-OH is 1. The lowest BCUT2D eigenvalue weighted by molar-refractivity contribution is -0.126. The monoisotopic (exact) mass is 354 g/mol. The third-order valence-corrected chi connectivity index (χ3v) is 4.41. The van der Waals surface area contributed by atoms with E-state index >= 15 is 0 Å². The Hall–Kier alpha value is -2.79. The molecule has 0 spiro atoms. The number of aromatic hydroxyl groups is 1. The summed E-state index contributed by atoms with van der Waals surface area (Å²) in [6.45, 7) is 3.85. The van der Waals surface area contributed by atoms with Gasteiger partial charge in [0.2, 0.25) is 0 Å². The number of hydrogen-bond donors (Lipinski definition) is 2. The Morgan fingerprint density at radius 1 is 1.27 bits per heavy atom. The number of carbonyl (C=O) groups is 1. The van der Waals surface area contributed by atoms with E-state index in [1.807, 2.05) is 26.0 Å². The zero-order valence-electron chi connectivity index (χ0n) is 15.0. The summed E-state index contributed by atoms with van der Waals surface area (Å²) < 4.78 is 11.3. The highest BCUT2D eigenvalue weighted by Crippen LogP contribution is 2.36. The quantitative estimate of drug-likeness (QED) is 0.492. The fourth-order valence-corrected chi connectivity index (χ4v) is 3.07. The summed E-state index contributed by atoms with van der Waals surface area (Å²) in [6, 6.07) is 6.50. The van der Waals surface area contributed by atoms with Gasteiger partial charge in [-0.1, -0.05) is 30.4 Å². The van der Waals surface area contributed by atoms with E-state index in [0.29, 0.717) is 5.76 Å². The molecule has 2 unspecified atom stereocenters. The molecule has 2 aliphatic rings. The van der Waals surface area contributed by atoms with Crippen molar-refractivity contribution in [3.05, 3.63) is 71.2 Å². The predicted octanol–water partition coefficient (Wildman–Crippen LogP) is 3.68. The van der Waals surface area contributed by atoms with Crippen LogP contribution in [0.15, 0.2) is 65.7 Å². The number of fused-ring (bicyclic) bond motifs is 1. The summed E-state index contributed by atoms with van der Waals surface area (Å²) in [7, 11) is 1.46. The van der Waals surface area contributed by atoms with Gasteiger partial charge in [-0.3, -0.25) is 4.79 Å². The summed E-state index contributed by atoms with van der Waals surface area (Å²) in [5.74, 6) is -0.437. The van der Waals surface area contributed by atoms with Crippen molar-refractivity contribution in [2.24, 2.45) is 5.92 Å². The first-order valence-corrected chi connectivity index (χ1v) is 8.38. The number of phenols is 1. The molecule has 5 heteroatoms. The molecule has 136 valence electrons. The molecule has 1 aliphatic heterocycles. The number of benzene rings is 1. The number of ketones is 1. The van der Waals surface area contributed by atoms with E-state index in [9.17, 15) is 15.0 Å². The molecule has 5 nitrogen and oxygen atoms in total. The van der Waals surface area contributed by atoms with Crippen LogP contribution < -0.4 is 0 Å². The van der Waals surface area contributed by atoms with Gasteiger partial charge in [0, 0.05) is 0 Å². The molecule has 0 radical (unpaired) electrons. The number of rotatable bonds is 3. The van der Waals surface area contributed by atoms with Gasteiger partial charge in [0.25, 0.3) is 0 Å². The lowest BCUT2D eigenvalue weighted by Gasteiger charge is -2.37. The van der Waals surface area contributed by atoms with Crippen LogP contribution in [0.25, 0.3) is 6.08 Å². The number of allylic oxidation sites excluding steroid dienone is 2. The van der Waals surface area contributed by atoms with E-state index in [4.69, 9.17) is 9.47 Å². The van der Waals surface area contributed by atoms with Gasteiger partial charge < -0.3 is 19.7 Å².